The van der Waals surface area contributed by atoms with E-state index in [0.29, 0.717) is 23.0 Å². The number of Topliss-reactive ketones (excluding diaryl/α,β-unsaturated/α-hetero) is 1. The third kappa shape index (κ3) is 2.29. The number of carbonyl (C=O) groups excluding carboxylic acids is 2. The zero-order chi connectivity index (χ0) is 17.1. The molecule has 0 saturated heterocycles. The second-order valence-electron chi connectivity index (χ2n) is 9.62. The van der Waals surface area contributed by atoms with Crippen LogP contribution in [0.2, 0.25) is 0 Å². The molecule has 0 aromatic heterocycles. The number of carbonyl (C=O) groups is 2. The van der Waals surface area contributed by atoms with E-state index in [2.05, 4.69) is 13.8 Å². The predicted octanol–water partition coefficient (Wildman–Crippen LogP) is 4.53. The number of fused-ring (bicyclic) bond motifs is 5. The molecule has 4 saturated carbocycles. The maximum Gasteiger partial charge on any atom is 0.302 e. The summed E-state index contributed by atoms with van der Waals surface area (Å²) in [7, 11) is 0. The summed E-state index contributed by atoms with van der Waals surface area (Å²) in [6.07, 6.45) is 10.1. The Morgan fingerprint density at radius 2 is 1.75 bits per heavy atom. The van der Waals surface area contributed by atoms with Crippen molar-refractivity contribution in [3.63, 3.8) is 0 Å². The Balaban J connectivity index is 1.58. The summed E-state index contributed by atoms with van der Waals surface area (Å²) in [6, 6.07) is 0. The van der Waals surface area contributed by atoms with Gasteiger partial charge in [0.05, 0.1) is 0 Å². The van der Waals surface area contributed by atoms with E-state index in [1.54, 1.807) is 6.92 Å². The number of hydrogen-bond donors (Lipinski definition) is 0. The summed E-state index contributed by atoms with van der Waals surface area (Å²) >= 11 is 0. The molecule has 4 rings (SSSR count). The summed E-state index contributed by atoms with van der Waals surface area (Å²) in [5.41, 5.74) is 0.554. The van der Waals surface area contributed by atoms with Gasteiger partial charge in [0.25, 0.3) is 0 Å². The first kappa shape index (κ1) is 16.6. The lowest BCUT2D eigenvalue weighted by Gasteiger charge is -2.60. The molecule has 4 aliphatic rings. The number of hydrogen-bond acceptors (Lipinski definition) is 3. The van der Waals surface area contributed by atoms with Gasteiger partial charge in [0.2, 0.25) is 0 Å². The van der Waals surface area contributed by atoms with E-state index in [-0.39, 0.29) is 17.5 Å². The van der Waals surface area contributed by atoms with Gasteiger partial charge in [0, 0.05) is 25.2 Å². The zero-order valence-corrected chi connectivity index (χ0v) is 15.5. The van der Waals surface area contributed by atoms with Gasteiger partial charge in [-0.1, -0.05) is 13.8 Å². The molecular weight excluding hydrogens is 300 g/mol. The van der Waals surface area contributed by atoms with Crippen molar-refractivity contribution in [3.05, 3.63) is 0 Å². The van der Waals surface area contributed by atoms with Gasteiger partial charge in [0.15, 0.2) is 0 Å². The number of ketones is 1. The Bertz CT molecular complexity index is 555. The van der Waals surface area contributed by atoms with Crippen LogP contribution in [0, 0.1) is 34.5 Å². The molecule has 3 heteroatoms. The van der Waals surface area contributed by atoms with Crippen LogP contribution in [0.1, 0.15) is 78.6 Å². The third-order valence-electron chi connectivity index (χ3n) is 8.70. The summed E-state index contributed by atoms with van der Waals surface area (Å²) < 4.78 is 5.73. The lowest BCUT2D eigenvalue weighted by molar-refractivity contribution is -0.162. The van der Waals surface area contributed by atoms with Crippen molar-refractivity contribution in [2.24, 2.45) is 34.5 Å². The molecule has 3 nitrogen and oxygen atoms in total. The van der Waals surface area contributed by atoms with Crippen LogP contribution in [0.4, 0.5) is 0 Å². The second-order valence-corrected chi connectivity index (χ2v) is 9.62. The SMILES string of the molecule is CC(=O)O[C@@H]1CC[C@H]2[C@H]3CC[C@H]4CC(=O)CC[C@]4(C)[C@@H]3CC[C@]12C. The fourth-order valence-corrected chi connectivity index (χ4v) is 7.39. The average Bonchev–Trinajstić information content (AvgIpc) is 2.84. The number of esters is 1. The van der Waals surface area contributed by atoms with E-state index in [9.17, 15) is 9.59 Å². The Kier molecular flexibility index (Phi) is 3.85. The highest BCUT2D eigenvalue weighted by Gasteiger charge is 2.60. The van der Waals surface area contributed by atoms with Crippen molar-refractivity contribution in [3.8, 4) is 0 Å². The normalized spacial score (nSPS) is 50.6. The molecular formula is C21H32O3. The fourth-order valence-electron chi connectivity index (χ4n) is 7.39. The summed E-state index contributed by atoms with van der Waals surface area (Å²) in [6.45, 7) is 6.42. The standard InChI is InChI=1S/C21H32O3/c1-13(22)24-19-7-6-17-16-5-4-14-12-15(23)8-10-20(14,2)18(16)9-11-21(17,19)3/h14,16-19H,4-12H2,1-3H3/t14-,16+,17-,18+,19+,20-,21-/m0/s1. The van der Waals surface area contributed by atoms with E-state index in [0.717, 1.165) is 37.5 Å². The molecule has 0 aromatic carbocycles. The van der Waals surface area contributed by atoms with Gasteiger partial charge in [-0.2, -0.15) is 0 Å². The van der Waals surface area contributed by atoms with Gasteiger partial charge in [0.1, 0.15) is 11.9 Å². The fraction of sp³-hybridized carbons (Fsp3) is 0.905. The van der Waals surface area contributed by atoms with E-state index in [4.69, 9.17) is 4.74 Å². The van der Waals surface area contributed by atoms with Crippen molar-refractivity contribution < 1.29 is 14.3 Å². The van der Waals surface area contributed by atoms with E-state index >= 15 is 0 Å². The lowest BCUT2D eigenvalue weighted by Crippen LogP contribution is -2.54. The highest BCUT2D eigenvalue weighted by Crippen LogP contribution is 2.66. The van der Waals surface area contributed by atoms with Crippen LogP contribution in [0.15, 0.2) is 0 Å². The molecule has 0 aliphatic heterocycles. The molecule has 0 spiro atoms. The minimum atomic E-state index is -0.120. The van der Waals surface area contributed by atoms with Gasteiger partial charge in [-0.3, -0.25) is 9.59 Å². The van der Waals surface area contributed by atoms with Crippen LogP contribution >= 0.6 is 0 Å². The Hall–Kier alpha value is -0.860. The molecule has 0 heterocycles. The van der Waals surface area contributed by atoms with Crippen molar-refractivity contribution in [2.75, 3.05) is 0 Å². The second kappa shape index (κ2) is 5.57. The molecule has 0 N–H and O–H groups in total. The predicted molar refractivity (Wildman–Crippen MR) is 92.3 cm³/mol. The first-order valence-corrected chi connectivity index (χ1v) is 10.0. The smallest absolute Gasteiger partial charge is 0.302 e. The average molecular weight is 332 g/mol. The van der Waals surface area contributed by atoms with Crippen LogP contribution in [-0.2, 0) is 14.3 Å². The van der Waals surface area contributed by atoms with Crippen molar-refractivity contribution in [1.82, 2.24) is 0 Å². The van der Waals surface area contributed by atoms with E-state index in [1.165, 1.54) is 32.1 Å². The Morgan fingerprint density at radius 3 is 2.50 bits per heavy atom. The van der Waals surface area contributed by atoms with Crippen molar-refractivity contribution >= 4 is 11.8 Å². The van der Waals surface area contributed by atoms with Crippen LogP contribution in [-0.4, -0.2) is 17.9 Å². The molecule has 7 atom stereocenters. The lowest BCUT2D eigenvalue weighted by atomic mass is 9.45. The summed E-state index contributed by atoms with van der Waals surface area (Å²) in [5.74, 6) is 3.25. The van der Waals surface area contributed by atoms with Crippen LogP contribution in [0.25, 0.3) is 0 Å². The van der Waals surface area contributed by atoms with Crippen LogP contribution in [0.3, 0.4) is 0 Å². The van der Waals surface area contributed by atoms with Gasteiger partial charge in [-0.05, 0) is 74.0 Å². The monoisotopic (exact) mass is 332 g/mol. The van der Waals surface area contributed by atoms with Crippen LogP contribution in [0.5, 0.6) is 0 Å². The number of rotatable bonds is 1. The summed E-state index contributed by atoms with van der Waals surface area (Å²) in [4.78, 5) is 23.5. The largest absolute Gasteiger partial charge is 0.462 e. The van der Waals surface area contributed by atoms with Gasteiger partial charge < -0.3 is 4.74 Å². The van der Waals surface area contributed by atoms with Crippen molar-refractivity contribution in [2.45, 2.75) is 84.7 Å². The van der Waals surface area contributed by atoms with Gasteiger partial charge >= 0.3 is 5.97 Å². The highest BCUT2D eigenvalue weighted by molar-refractivity contribution is 5.79. The minimum Gasteiger partial charge on any atom is -0.462 e. The number of ether oxygens (including phenoxy) is 1. The molecule has 0 bridgehead atoms. The molecule has 134 valence electrons. The molecule has 0 unspecified atom stereocenters. The van der Waals surface area contributed by atoms with Crippen LogP contribution < -0.4 is 0 Å². The molecule has 4 fully saturated rings. The van der Waals surface area contributed by atoms with E-state index < -0.39 is 0 Å². The first-order valence-electron chi connectivity index (χ1n) is 10.0. The first-order chi connectivity index (χ1) is 11.3. The van der Waals surface area contributed by atoms with Gasteiger partial charge in [-0.25, -0.2) is 0 Å². The zero-order valence-electron chi connectivity index (χ0n) is 15.5. The highest BCUT2D eigenvalue weighted by atomic mass is 16.5. The van der Waals surface area contributed by atoms with Gasteiger partial charge in [-0.15, -0.1) is 0 Å². The molecule has 0 aromatic rings. The third-order valence-corrected chi connectivity index (χ3v) is 8.70. The molecule has 4 aliphatic carbocycles. The quantitative estimate of drug-likeness (QED) is 0.663. The molecule has 0 radical (unpaired) electrons. The van der Waals surface area contributed by atoms with Crippen molar-refractivity contribution in [1.29, 1.82) is 0 Å². The Morgan fingerprint density at radius 1 is 1.00 bits per heavy atom. The molecule has 0 amide bonds. The minimum absolute atomic E-state index is 0.120. The maximum absolute atomic E-state index is 12.0. The summed E-state index contributed by atoms with van der Waals surface area (Å²) in [5, 5.41) is 0. The topological polar surface area (TPSA) is 43.4 Å². The van der Waals surface area contributed by atoms with E-state index in [1.807, 2.05) is 0 Å². The Labute approximate surface area is 145 Å². The molecule has 24 heavy (non-hydrogen) atoms. The maximum atomic E-state index is 12.0.